The molecule has 0 unspecified atom stereocenters. The molecular formula is C29H32O. The maximum atomic E-state index is 13.3. The van der Waals surface area contributed by atoms with Gasteiger partial charge in [-0.3, -0.25) is 4.79 Å². The lowest BCUT2D eigenvalue weighted by Crippen LogP contribution is -2.34. The highest BCUT2D eigenvalue weighted by Crippen LogP contribution is 2.46. The first-order valence-electron chi connectivity index (χ1n) is 11.1. The summed E-state index contributed by atoms with van der Waals surface area (Å²) < 4.78 is 0. The molecule has 4 rings (SSSR count). The average molecular weight is 397 g/mol. The molecule has 154 valence electrons. The molecule has 1 aliphatic carbocycles. The molecule has 1 heteroatoms. The minimum absolute atomic E-state index is 0.0989. The molecule has 0 bridgehead atoms. The third-order valence-electron chi connectivity index (χ3n) is 6.96. The number of carbonyl (C=O) groups is 1. The Hall–Kier alpha value is -2.67. The molecule has 0 amide bonds. The van der Waals surface area contributed by atoms with E-state index in [1.807, 2.05) is 24.3 Å². The Morgan fingerprint density at radius 2 is 1.53 bits per heavy atom. The topological polar surface area (TPSA) is 17.1 Å². The number of benzene rings is 3. The molecule has 30 heavy (non-hydrogen) atoms. The van der Waals surface area contributed by atoms with Crippen molar-refractivity contribution in [3.63, 3.8) is 0 Å². The summed E-state index contributed by atoms with van der Waals surface area (Å²) in [5, 5.41) is 2.37. The summed E-state index contributed by atoms with van der Waals surface area (Å²) in [5.41, 5.74) is 6.13. The van der Waals surface area contributed by atoms with Crippen molar-refractivity contribution in [2.24, 2.45) is 0 Å². The molecule has 0 aliphatic heterocycles. The van der Waals surface area contributed by atoms with Gasteiger partial charge in [-0.05, 0) is 75.3 Å². The molecule has 0 atom stereocenters. The molecular weight excluding hydrogens is 364 g/mol. The van der Waals surface area contributed by atoms with Crippen LogP contribution in [0.5, 0.6) is 0 Å². The molecule has 3 aromatic carbocycles. The zero-order valence-electron chi connectivity index (χ0n) is 18.9. The Morgan fingerprint density at radius 3 is 2.23 bits per heavy atom. The van der Waals surface area contributed by atoms with Crippen molar-refractivity contribution in [1.29, 1.82) is 0 Å². The predicted octanol–water partition coefficient (Wildman–Crippen LogP) is 7.65. The van der Waals surface area contributed by atoms with Gasteiger partial charge in [-0.25, -0.2) is 0 Å². The summed E-state index contributed by atoms with van der Waals surface area (Å²) in [6.45, 7) is 11.4. The number of aryl methyl sites for hydroxylation is 1. The van der Waals surface area contributed by atoms with Gasteiger partial charge < -0.3 is 0 Å². The summed E-state index contributed by atoms with van der Waals surface area (Å²) in [7, 11) is 0. The van der Waals surface area contributed by atoms with E-state index in [1.165, 1.54) is 28.3 Å². The van der Waals surface area contributed by atoms with Crippen LogP contribution in [0.25, 0.3) is 16.8 Å². The molecule has 0 heterocycles. The maximum absolute atomic E-state index is 13.3. The van der Waals surface area contributed by atoms with E-state index in [0.717, 1.165) is 29.5 Å². The summed E-state index contributed by atoms with van der Waals surface area (Å²) in [6.07, 6.45) is 6.93. The number of hydrogen-bond acceptors (Lipinski definition) is 1. The second-order valence-electron chi connectivity index (χ2n) is 9.94. The second kappa shape index (κ2) is 7.54. The number of fused-ring (bicyclic) bond motifs is 2. The van der Waals surface area contributed by atoms with Gasteiger partial charge in [-0.15, -0.1) is 0 Å². The summed E-state index contributed by atoms with van der Waals surface area (Å²) in [4.78, 5) is 13.3. The Kier molecular flexibility index (Phi) is 5.18. The third-order valence-corrected chi connectivity index (χ3v) is 6.96. The normalized spacial score (nSPS) is 17.2. The number of allylic oxidation sites excluding steroid dienone is 1. The van der Waals surface area contributed by atoms with E-state index in [0.29, 0.717) is 0 Å². The molecule has 0 N–H and O–H groups in total. The standard InChI is InChI=1S/C29H32O/c1-6-20-18-25-26(29(4,5)17-16-28(25,2)3)19-24(20)27(30)15-14-22-12-9-11-21-10-7-8-13-23(21)22/h7-15,18-19H,6,16-17H2,1-5H3. The van der Waals surface area contributed by atoms with E-state index in [2.05, 4.69) is 71.0 Å². The molecule has 3 aromatic rings. The highest BCUT2D eigenvalue weighted by atomic mass is 16.1. The van der Waals surface area contributed by atoms with Crippen LogP contribution in [-0.2, 0) is 17.3 Å². The molecule has 1 aliphatic rings. The molecule has 0 spiro atoms. The zero-order valence-corrected chi connectivity index (χ0v) is 18.9. The van der Waals surface area contributed by atoms with Crippen molar-refractivity contribution in [1.82, 2.24) is 0 Å². The van der Waals surface area contributed by atoms with Gasteiger partial charge in [0.05, 0.1) is 0 Å². The van der Waals surface area contributed by atoms with E-state index >= 15 is 0 Å². The van der Waals surface area contributed by atoms with Crippen LogP contribution in [0.2, 0.25) is 0 Å². The van der Waals surface area contributed by atoms with Gasteiger partial charge in [0.1, 0.15) is 0 Å². The van der Waals surface area contributed by atoms with Crippen molar-refractivity contribution >= 4 is 22.6 Å². The van der Waals surface area contributed by atoms with Crippen LogP contribution in [0.15, 0.2) is 60.7 Å². The average Bonchev–Trinajstić information content (AvgIpc) is 2.74. The van der Waals surface area contributed by atoms with E-state index in [-0.39, 0.29) is 16.6 Å². The first-order valence-corrected chi connectivity index (χ1v) is 11.1. The molecule has 1 nitrogen and oxygen atoms in total. The van der Waals surface area contributed by atoms with Crippen LogP contribution >= 0.6 is 0 Å². The summed E-state index contributed by atoms with van der Waals surface area (Å²) in [5.74, 6) is 0.0989. The fraction of sp³-hybridized carbons (Fsp3) is 0.345. The van der Waals surface area contributed by atoms with Crippen molar-refractivity contribution in [3.05, 3.63) is 88.5 Å². The minimum Gasteiger partial charge on any atom is -0.289 e. The van der Waals surface area contributed by atoms with Gasteiger partial charge in [0.25, 0.3) is 0 Å². The van der Waals surface area contributed by atoms with Crippen molar-refractivity contribution in [3.8, 4) is 0 Å². The number of ketones is 1. The Morgan fingerprint density at radius 1 is 0.900 bits per heavy atom. The Bertz CT molecular complexity index is 1140. The van der Waals surface area contributed by atoms with Crippen LogP contribution in [0.3, 0.4) is 0 Å². The SMILES string of the molecule is CCc1cc2c(cc1C(=O)C=Cc1cccc3ccccc13)C(C)(C)CCC2(C)C. The van der Waals surface area contributed by atoms with Crippen molar-refractivity contribution in [2.75, 3.05) is 0 Å². The largest absolute Gasteiger partial charge is 0.289 e. The summed E-state index contributed by atoms with van der Waals surface area (Å²) in [6, 6.07) is 19.1. The first kappa shape index (κ1) is 20.6. The fourth-order valence-corrected chi connectivity index (χ4v) is 4.83. The zero-order chi connectivity index (χ0) is 21.5. The molecule has 0 aromatic heterocycles. The van der Waals surface area contributed by atoms with Gasteiger partial charge in [0.2, 0.25) is 0 Å². The third kappa shape index (κ3) is 3.62. The lowest BCUT2D eigenvalue weighted by atomic mass is 9.62. The number of rotatable bonds is 4. The molecule has 0 fully saturated rings. The second-order valence-corrected chi connectivity index (χ2v) is 9.94. The highest BCUT2D eigenvalue weighted by Gasteiger charge is 2.37. The molecule has 0 radical (unpaired) electrons. The first-order chi connectivity index (χ1) is 14.2. The fourth-order valence-electron chi connectivity index (χ4n) is 4.83. The van der Waals surface area contributed by atoms with Crippen molar-refractivity contribution < 1.29 is 4.79 Å². The maximum Gasteiger partial charge on any atom is 0.186 e. The quantitative estimate of drug-likeness (QED) is 0.327. The van der Waals surface area contributed by atoms with Crippen LogP contribution in [0.1, 0.15) is 80.1 Å². The van der Waals surface area contributed by atoms with E-state index in [9.17, 15) is 4.79 Å². The lowest BCUT2D eigenvalue weighted by molar-refractivity contribution is 0.104. The van der Waals surface area contributed by atoms with Gasteiger partial charge in [-0.1, -0.05) is 89.2 Å². The van der Waals surface area contributed by atoms with Gasteiger partial charge in [0, 0.05) is 5.56 Å². The van der Waals surface area contributed by atoms with Crippen LogP contribution in [0.4, 0.5) is 0 Å². The van der Waals surface area contributed by atoms with Crippen LogP contribution < -0.4 is 0 Å². The van der Waals surface area contributed by atoms with Gasteiger partial charge >= 0.3 is 0 Å². The van der Waals surface area contributed by atoms with Crippen LogP contribution in [0, 0.1) is 0 Å². The van der Waals surface area contributed by atoms with Gasteiger partial charge in [-0.2, -0.15) is 0 Å². The van der Waals surface area contributed by atoms with E-state index in [4.69, 9.17) is 0 Å². The lowest BCUT2D eigenvalue weighted by Gasteiger charge is -2.42. The molecule has 0 saturated heterocycles. The Balaban J connectivity index is 1.76. The predicted molar refractivity (Wildman–Crippen MR) is 128 cm³/mol. The van der Waals surface area contributed by atoms with Crippen molar-refractivity contribution in [2.45, 2.75) is 64.7 Å². The van der Waals surface area contributed by atoms with E-state index < -0.39 is 0 Å². The highest BCUT2D eigenvalue weighted by molar-refractivity contribution is 6.09. The smallest absolute Gasteiger partial charge is 0.186 e. The van der Waals surface area contributed by atoms with Crippen LogP contribution in [-0.4, -0.2) is 5.78 Å². The van der Waals surface area contributed by atoms with Gasteiger partial charge in [0.15, 0.2) is 5.78 Å². The number of carbonyl (C=O) groups excluding carboxylic acids is 1. The minimum atomic E-state index is 0.0989. The van der Waals surface area contributed by atoms with E-state index in [1.54, 1.807) is 6.08 Å². The molecule has 0 saturated carbocycles. The summed E-state index contributed by atoms with van der Waals surface area (Å²) >= 11 is 0. The Labute approximate surface area is 180 Å². The number of hydrogen-bond donors (Lipinski definition) is 0. The monoisotopic (exact) mass is 396 g/mol.